The first kappa shape index (κ1) is 12.3. The number of benzene rings is 1. The van der Waals surface area contributed by atoms with Crippen molar-refractivity contribution in [3.8, 4) is 10.6 Å². The summed E-state index contributed by atoms with van der Waals surface area (Å²) in [6.07, 6.45) is 2.22. The summed E-state index contributed by atoms with van der Waals surface area (Å²) >= 11 is 5.41. The second-order valence-electron chi connectivity index (χ2n) is 4.88. The summed E-state index contributed by atoms with van der Waals surface area (Å²) in [4.78, 5) is 6.14. The van der Waals surface area contributed by atoms with Gasteiger partial charge in [-0.3, -0.25) is 0 Å². The van der Waals surface area contributed by atoms with Crippen LogP contribution in [0.1, 0.15) is 29.3 Å². The molecule has 1 heterocycles. The third-order valence-corrected chi connectivity index (χ3v) is 5.53. The SMILES string of the molecule is Cc1nc(-c2ccccc2Br)sc1C1CC(N)C1. The summed E-state index contributed by atoms with van der Waals surface area (Å²) < 4.78 is 1.11. The van der Waals surface area contributed by atoms with E-state index >= 15 is 0 Å². The molecule has 2 aromatic rings. The van der Waals surface area contributed by atoms with Gasteiger partial charge in [-0.25, -0.2) is 4.98 Å². The van der Waals surface area contributed by atoms with Crippen LogP contribution in [-0.4, -0.2) is 11.0 Å². The molecule has 0 spiro atoms. The lowest BCUT2D eigenvalue weighted by Crippen LogP contribution is -2.34. The third-order valence-electron chi connectivity index (χ3n) is 3.48. The number of nitrogens with two attached hydrogens (primary N) is 1. The predicted octanol–water partition coefficient (Wildman–Crippen LogP) is 4.09. The zero-order chi connectivity index (χ0) is 12.7. The number of hydrogen-bond donors (Lipinski definition) is 1. The molecule has 0 aliphatic heterocycles. The van der Waals surface area contributed by atoms with E-state index in [1.165, 1.54) is 16.1 Å². The van der Waals surface area contributed by atoms with Crippen molar-refractivity contribution in [3.63, 3.8) is 0 Å². The predicted molar refractivity (Wildman–Crippen MR) is 79.9 cm³/mol. The second kappa shape index (κ2) is 4.76. The summed E-state index contributed by atoms with van der Waals surface area (Å²) in [6, 6.07) is 8.64. The molecule has 2 N–H and O–H groups in total. The van der Waals surface area contributed by atoms with E-state index in [0.717, 1.165) is 22.3 Å². The molecule has 0 bridgehead atoms. The molecule has 1 aromatic carbocycles. The van der Waals surface area contributed by atoms with Gasteiger partial charge < -0.3 is 5.73 Å². The number of aromatic nitrogens is 1. The third kappa shape index (κ3) is 2.13. The van der Waals surface area contributed by atoms with Crippen LogP contribution in [0, 0.1) is 6.92 Å². The van der Waals surface area contributed by atoms with E-state index in [2.05, 4.69) is 41.1 Å². The van der Waals surface area contributed by atoms with E-state index in [-0.39, 0.29) is 0 Å². The Hall–Kier alpha value is -0.710. The van der Waals surface area contributed by atoms with Gasteiger partial charge in [-0.05, 0) is 31.7 Å². The van der Waals surface area contributed by atoms with Crippen molar-refractivity contribution < 1.29 is 0 Å². The smallest absolute Gasteiger partial charge is 0.125 e. The first-order valence-electron chi connectivity index (χ1n) is 6.13. The molecule has 1 fully saturated rings. The average Bonchev–Trinajstić information content (AvgIpc) is 2.67. The summed E-state index contributed by atoms with van der Waals surface area (Å²) in [5.74, 6) is 0.633. The standard InChI is InChI=1S/C14H15BrN2S/c1-8-13(9-6-10(16)7-9)18-14(17-8)11-4-2-3-5-12(11)15/h2-5,9-10H,6-7,16H2,1H3. The summed E-state index contributed by atoms with van der Waals surface area (Å²) in [7, 11) is 0. The lowest BCUT2D eigenvalue weighted by atomic mass is 9.79. The summed E-state index contributed by atoms with van der Waals surface area (Å²) in [5.41, 5.74) is 8.23. The molecule has 1 aromatic heterocycles. The minimum Gasteiger partial charge on any atom is -0.328 e. The highest BCUT2D eigenvalue weighted by atomic mass is 79.9. The highest BCUT2D eigenvalue weighted by Crippen LogP contribution is 2.43. The average molecular weight is 323 g/mol. The van der Waals surface area contributed by atoms with Gasteiger partial charge in [0.05, 0.1) is 5.69 Å². The molecule has 1 aliphatic rings. The Balaban J connectivity index is 1.95. The summed E-state index contributed by atoms with van der Waals surface area (Å²) in [5, 5.41) is 1.11. The molecule has 18 heavy (non-hydrogen) atoms. The van der Waals surface area contributed by atoms with Crippen molar-refractivity contribution in [2.75, 3.05) is 0 Å². The fourth-order valence-electron chi connectivity index (χ4n) is 2.41. The van der Waals surface area contributed by atoms with Crippen molar-refractivity contribution in [3.05, 3.63) is 39.3 Å². The molecule has 0 amide bonds. The van der Waals surface area contributed by atoms with E-state index in [0.29, 0.717) is 12.0 Å². The molecule has 0 radical (unpaired) electrons. The summed E-state index contributed by atoms with van der Waals surface area (Å²) in [6.45, 7) is 2.11. The van der Waals surface area contributed by atoms with Crippen LogP contribution in [0.4, 0.5) is 0 Å². The molecule has 0 unspecified atom stereocenters. The highest BCUT2D eigenvalue weighted by Gasteiger charge is 2.30. The number of thiazole rings is 1. The molecule has 0 saturated heterocycles. The fraction of sp³-hybridized carbons (Fsp3) is 0.357. The van der Waals surface area contributed by atoms with Crippen molar-refractivity contribution in [2.24, 2.45) is 5.73 Å². The molecular formula is C14H15BrN2S. The Morgan fingerprint density at radius 3 is 2.72 bits per heavy atom. The van der Waals surface area contributed by atoms with E-state index in [1.54, 1.807) is 0 Å². The zero-order valence-electron chi connectivity index (χ0n) is 10.2. The second-order valence-corrected chi connectivity index (χ2v) is 6.76. The highest BCUT2D eigenvalue weighted by molar-refractivity contribution is 9.10. The number of rotatable bonds is 2. The van der Waals surface area contributed by atoms with Crippen LogP contribution >= 0.6 is 27.3 Å². The van der Waals surface area contributed by atoms with Crippen molar-refractivity contribution in [2.45, 2.75) is 31.7 Å². The monoisotopic (exact) mass is 322 g/mol. The van der Waals surface area contributed by atoms with Gasteiger partial charge in [-0.2, -0.15) is 0 Å². The van der Waals surface area contributed by atoms with Gasteiger partial charge in [0.15, 0.2) is 0 Å². The minimum absolute atomic E-state index is 0.392. The number of hydrogen-bond acceptors (Lipinski definition) is 3. The Kier molecular flexibility index (Phi) is 3.26. The topological polar surface area (TPSA) is 38.9 Å². The maximum atomic E-state index is 5.88. The van der Waals surface area contributed by atoms with E-state index in [1.807, 2.05) is 17.4 Å². The van der Waals surface area contributed by atoms with Crippen LogP contribution in [0.15, 0.2) is 28.7 Å². The molecule has 0 atom stereocenters. The lowest BCUT2D eigenvalue weighted by Gasteiger charge is -2.31. The first-order valence-corrected chi connectivity index (χ1v) is 7.74. The largest absolute Gasteiger partial charge is 0.328 e. The van der Waals surface area contributed by atoms with Gasteiger partial charge >= 0.3 is 0 Å². The maximum absolute atomic E-state index is 5.88. The zero-order valence-corrected chi connectivity index (χ0v) is 12.6. The Labute approximate surface area is 119 Å². The van der Waals surface area contributed by atoms with E-state index in [4.69, 9.17) is 10.7 Å². The van der Waals surface area contributed by atoms with E-state index < -0.39 is 0 Å². The van der Waals surface area contributed by atoms with Gasteiger partial charge in [0.2, 0.25) is 0 Å². The van der Waals surface area contributed by atoms with Crippen LogP contribution in [-0.2, 0) is 0 Å². The van der Waals surface area contributed by atoms with Gasteiger partial charge in [0.1, 0.15) is 5.01 Å². The number of nitrogens with zero attached hydrogens (tertiary/aromatic N) is 1. The normalized spacial score (nSPS) is 22.8. The number of halogens is 1. The molecule has 1 saturated carbocycles. The van der Waals surface area contributed by atoms with Crippen LogP contribution in [0.5, 0.6) is 0 Å². The quantitative estimate of drug-likeness (QED) is 0.904. The fourth-order valence-corrected chi connectivity index (χ4v) is 4.25. The first-order chi connectivity index (χ1) is 8.65. The lowest BCUT2D eigenvalue weighted by molar-refractivity contribution is 0.354. The van der Waals surface area contributed by atoms with Gasteiger partial charge in [-0.15, -0.1) is 11.3 Å². The molecule has 3 rings (SSSR count). The van der Waals surface area contributed by atoms with Gasteiger partial charge in [0, 0.05) is 21.0 Å². The molecular weight excluding hydrogens is 308 g/mol. The van der Waals surface area contributed by atoms with Crippen LogP contribution < -0.4 is 5.73 Å². The number of aryl methyl sites for hydroxylation is 1. The van der Waals surface area contributed by atoms with Gasteiger partial charge in [-0.1, -0.05) is 34.1 Å². The van der Waals surface area contributed by atoms with Crippen molar-refractivity contribution in [1.29, 1.82) is 0 Å². The van der Waals surface area contributed by atoms with Crippen LogP contribution in [0.25, 0.3) is 10.6 Å². The van der Waals surface area contributed by atoms with Crippen LogP contribution in [0.3, 0.4) is 0 Å². The Bertz CT molecular complexity index is 573. The van der Waals surface area contributed by atoms with Crippen molar-refractivity contribution in [1.82, 2.24) is 4.98 Å². The Morgan fingerprint density at radius 1 is 1.33 bits per heavy atom. The maximum Gasteiger partial charge on any atom is 0.125 e. The minimum atomic E-state index is 0.392. The molecule has 4 heteroatoms. The molecule has 2 nitrogen and oxygen atoms in total. The van der Waals surface area contributed by atoms with Crippen LogP contribution in [0.2, 0.25) is 0 Å². The molecule has 1 aliphatic carbocycles. The van der Waals surface area contributed by atoms with E-state index in [9.17, 15) is 0 Å². The van der Waals surface area contributed by atoms with Crippen molar-refractivity contribution >= 4 is 27.3 Å². The molecule has 94 valence electrons. The Morgan fingerprint density at radius 2 is 2.06 bits per heavy atom. The van der Waals surface area contributed by atoms with Gasteiger partial charge in [0.25, 0.3) is 0 Å².